The maximum Gasteiger partial charge on any atom is 0.573 e. The van der Waals surface area contributed by atoms with Gasteiger partial charge in [0, 0.05) is 0 Å². The zero-order chi connectivity index (χ0) is 14.6. The van der Waals surface area contributed by atoms with Gasteiger partial charge < -0.3 is 15.2 Å². The Bertz CT molecular complexity index is 413. The van der Waals surface area contributed by atoms with E-state index in [0.717, 1.165) is 18.4 Å². The van der Waals surface area contributed by atoms with Crippen LogP contribution in [0.4, 0.5) is 13.2 Å². The van der Waals surface area contributed by atoms with Gasteiger partial charge in [0.25, 0.3) is 0 Å². The maximum atomic E-state index is 12.0. The third-order valence-corrected chi connectivity index (χ3v) is 3.36. The molecule has 3 nitrogen and oxygen atoms in total. The number of hydrogen-bond acceptors (Lipinski definition) is 3. The molecule has 0 spiro atoms. The fourth-order valence-corrected chi connectivity index (χ4v) is 2.31. The lowest BCUT2D eigenvalue weighted by Crippen LogP contribution is -2.21. The van der Waals surface area contributed by atoms with Crippen LogP contribution in [0.1, 0.15) is 37.3 Å². The van der Waals surface area contributed by atoms with Crippen molar-refractivity contribution < 1.29 is 22.6 Å². The minimum Gasteiger partial charge on any atom is -0.406 e. The van der Waals surface area contributed by atoms with Gasteiger partial charge >= 0.3 is 6.36 Å². The lowest BCUT2D eigenvalue weighted by atomic mass is 10.1. The van der Waals surface area contributed by atoms with Crippen LogP contribution in [0.15, 0.2) is 24.3 Å². The molecule has 1 saturated carbocycles. The Morgan fingerprint density at radius 1 is 1.15 bits per heavy atom. The summed E-state index contributed by atoms with van der Waals surface area (Å²) in [7, 11) is 0. The highest BCUT2D eigenvalue weighted by Crippen LogP contribution is 2.25. The number of hydrogen-bond donors (Lipinski definition) is 1. The largest absolute Gasteiger partial charge is 0.573 e. The van der Waals surface area contributed by atoms with Gasteiger partial charge in [0.1, 0.15) is 5.75 Å². The van der Waals surface area contributed by atoms with Crippen LogP contribution in [0.5, 0.6) is 5.75 Å². The minimum absolute atomic E-state index is 0.245. The van der Waals surface area contributed by atoms with Crippen LogP contribution in [0.2, 0.25) is 0 Å². The number of benzene rings is 1. The molecular weight excluding hydrogens is 271 g/mol. The fraction of sp³-hybridized carbons (Fsp3) is 0.571. The van der Waals surface area contributed by atoms with Crippen LogP contribution in [-0.2, 0) is 4.74 Å². The number of nitrogens with two attached hydrogens (primary N) is 1. The number of ether oxygens (including phenoxy) is 2. The maximum absolute atomic E-state index is 12.0. The summed E-state index contributed by atoms with van der Waals surface area (Å²) in [5, 5.41) is 0. The van der Waals surface area contributed by atoms with Crippen LogP contribution in [0.25, 0.3) is 0 Å². The molecule has 0 aromatic heterocycles. The van der Waals surface area contributed by atoms with Gasteiger partial charge in [-0.25, -0.2) is 0 Å². The van der Waals surface area contributed by atoms with Gasteiger partial charge in [-0.05, 0) is 30.5 Å². The van der Waals surface area contributed by atoms with Crippen molar-refractivity contribution in [3.63, 3.8) is 0 Å². The first-order valence-electron chi connectivity index (χ1n) is 6.67. The Labute approximate surface area is 115 Å². The van der Waals surface area contributed by atoms with E-state index in [2.05, 4.69) is 4.74 Å². The smallest absolute Gasteiger partial charge is 0.406 e. The second-order valence-electron chi connectivity index (χ2n) is 4.96. The van der Waals surface area contributed by atoms with Gasteiger partial charge in [-0.15, -0.1) is 13.2 Å². The number of alkyl halides is 3. The summed E-state index contributed by atoms with van der Waals surface area (Å²) in [6, 6.07) is 5.25. The molecule has 0 heterocycles. The summed E-state index contributed by atoms with van der Waals surface area (Å²) in [4.78, 5) is 0. The van der Waals surface area contributed by atoms with Gasteiger partial charge in [-0.3, -0.25) is 0 Å². The second kappa shape index (κ2) is 6.45. The molecule has 1 atom stereocenters. The SMILES string of the molecule is NC(COC1CCCC1)c1ccc(OC(F)(F)F)cc1. The van der Waals surface area contributed by atoms with E-state index in [1.807, 2.05) is 0 Å². The average molecular weight is 289 g/mol. The Balaban J connectivity index is 1.85. The number of rotatable bonds is 5. The van der Waals surface area contributed by atoms with Crippen molar-refractivity contribution in [1.29, 1.82) is 0 Å². The summed E-state index contributed by atoms with van der Waals surface area (Å²) in [6.07, 6.45) is 0.0897. The van der Waals surface area contributed by atoms with Crippen molar-refractivity contribution in [3.05, 3.63) is 29.8 Å². The highest BCUT2D eigenvalue weighted by Gasteiger charge is 2.31. The van der Waals surface area contributed by atoms with Crippen molar-refractivity contribution in [3.8, 4) is 5.75 Å². The van der Waals surface area contributed by atoms with E-state index < -0.39 is 6.36 Å². The molecule has 1 aliphatic rings. The lowest BCUT2D eigenvalue weighted by molar-refractivity contribution is -0.274. The Morgan fingerprint density at radius 3 is 2.30 bits per heavy atom. The van der Waals surface area contributed by atoms with Gasteiger partial charge in [0.2, 0.25) is 0 Å². The van der Waals surface area contributed by atoms with Crippen molar-refractivity contribution in [2.45, 2.75) is 44.2 Å². The fourth-order valence-electron chi connectivity index (χ4n) is 2.31. The van der Waals surface area contributed by atoms with E-state index in [0.29, 0.717) is 6.61 Å². The first-order valence-corrected chi connectivity index (χ1v) is 6.67. The molecule has 1 unspecified atom stereocenters. The highest BCUT2D eigenvalue weighted by atomic mass is 19.4. The Kier molecular flexibility index (Phi) is 4.88. The van der Waals surface area contributed by atoms with Crippen molar-refractivity contribution in [1.82, 2.24) is 0 Å². The summed E-state index contributed by atoms with van der Waals surface area (Å²) in [6.45, 7) is 0.379. The van der Waals surface area contributed by atoms with Gasteiger partial charge in [-0.1, -0.05) is 25.0 Å². The third kappa shape index (κ3) is 4.68. The highest BCUT2D eigenvalue weighted by molar-refractivity contribution is 5.29. The van der Waals surface area contributed by atoms with Crippen molar-refractivity contribution in [2.24, 2.45) is 5.73 Å². The third-order valence-electron chi connectivity index (χ3n) is 3.36. The number of halogens is 3. The molecule has 20 heavy (non-hydrogen) atoms. The van der Waals surface area contributed by atoms with E-state index in [1.54, 1.807) is 0 Å². The van der Waals surface area contributed by atoms with Gasteiger partial charge in [0.15, 0.2) is 0 Å². The van der Waals surface area contributed by atoms with Crippen LogP contribution >= 0.6 is 0 Å². The standard InChI is InChI=1S/C14H18F3NO2/c15-14(16,17)20-12-7-5-10(6-8-12)13(18)9-19-11-3-1-2-4-11/h5-8,11,13H,1-4,9,18H2. The van der Waals surface area contributed by atoms with Gasteiger partial charge in [-0.2, -0.15) is 0 Å². The van der Waals surface area contributed by atoms with E-state index in [4.69, 9.17) is 10.5 Å². The first-order chi connectivity index (χ1) is 9.44. The molecular formula is C14H18F3NO2. The summed E-state index contributed by atoms with van der Waals surface area (Å²) >= 11 is 0. The zero-order valence-electron chi connectivity index (χ0n) is 11.0. The molecule has 1 aliphatic carbocycles. The molecule has 0 amide bonds. The molecule has 0 saturated heterocycles. The molecule has 112 valence electrons. The quantitative estimate of drug-likeness (QED) is 0.901. The normalized spacial score (nSPS) is 18.2. The molecule has 1 aromatic carbocycles. The predicted molar refractivity (Wildman–Crippen MR) is 68.3 cm³/mol. The van der Waals surface area contributed by atoms with Crippen LogP contribution in [0, 0.1) is 0 Å². The van der Waals surface area contributed by atoms with Crippen molar-refractivity contribution >= 4 is 0 Å². The van der Waals surface area contributed by atoms with Gasteiger partial charge in [0.05, 0.1) is 18.8 Å². The van der Waals surface area contributed by atoms with Crippen LogP contribution in [-0.4, -0.2) is 19.1 Å². The average Bonchev–Trinajstić information content (AvgIpc) is 2.88. The molecule has 2 rings (SSSR count). The van der Waals surface area contributed by atoms with E-state index >= 15 is 0 Å². The summed E-state index contributed by atoms with van der Waals surface area (Å²) < 4.78 is 45.6. The van der Waals surface area contributed by atoms with Crippen LogP contribution < -0.4 is 10.5 Å². The van der Waals surface area contributed by atoms with E-state index in [-0.39, 0.29) is 17.9 Å². The molecule has 0 radical (unpaired) electrons. The monoisotopic (exact) mass is 289 g/mol. The summed E-state index contributed by atoms with van der Waals surface area (Å²) in [5.41, 5.74) is 6.70. The topological polar surface area (TPSA) is 44.5 Å². The van der Waals surface area contributed by atoms with E-state index in [1.165, 1.54) is 37.1 Å². The predicted octanol–water partition coefficient (Wildman–Crippen LogP) is 3.54. The van der Waals surface area contributed by atoms with Crippen molar-refractivity contribution in [2.75, 3.05) is 6.61 Å². The van der Waals surface area contributed by atoms with Crippen LogP contribution in [0.3, 0.4) is 0 Å². The van der Waals surface area contributed by atoms with E-state index in [9.17, 15) is 13.2 Å². The second-order valence-corrected chi connectivity index (χ2v) is 4.96. The minimum atomic E-state index is -4.67. The molecule has 2 N–H and O–H groups in total. The Morgan fingerprint density at radius 2 is 1.75 bits per heavy atom. The summed E-state index contributed by atoms with van der Waals surface area (Å²) in [5.74, 6) is -0.245. The first kappa shape index (κ1) is 15.1. The Hall–Kier alpha value is -1.27. The molecule has 1 aromatic rings. The lowest BCUT2D eigenvalue weighted by Gasteiger charge is -2.17. The molecule has 1 fully saturated rings. The zero-order valence-corrected chi connectivity index (χ0v) is 11.0. The molecule has 6 heteroatoms. The molecule has 0 bridgehead atoms. The molecule has 0 aliphatic heterocycles.